The van der Waals surface area contributed by atoms with Gasteiger partial charge in [0.25, 0.3) is 5.91 Å². The molecule has 1 fully saturated rings. The number of hydrogen-bond acceptors (Lipinski definition) is 3. The highest BCUT2D eigenvalue weighted by molar-refractivity contribution is 5.77. The van der Waals surface area contributed by atoms with Crippen LogP contribution in [0.2, 0.25) is 0 Å². The number of rotatable bonds is 5. The molecule has 0 aromatic heterocycles. The molecule has 21 heavy (non-hydrogen) atoms. The summed E-state index contributed by atoms with van der Waals surface area (Å²) in [5.74, 6) is 0.612. The van der Waals surface area contributed by atoms with Crippen LogP contribution in [0.5, 0.6) is 5.75 Å². The van der Waals surface area contributed by atoms with Gasteiger partial charge in [-0.3, -0.25) is 4.79 Å². The average Bonchev–Trinajstić information content (AvgIpc) is 2.95. The molecule has 1 aromatic carbocycles. The standard InChI is InChI=1S/C17H25NO3/c1-17(2,3)13-6-8-14(9-7-13)21-12-16(19)18-11-15-5-4-10-20-15/h6-9,15H,4-5,10-12H2,1-3H3,(H,18,19). The average molecular weight is 291 g/mol. The van der Waals surface area contributed by atoms with E-state index < -0.39 is 0 Å². The van der Waals surface area contributed by atoms with Crippen LogP contribution < -0.4 is 10.1 Å². The Labute approximate surface area is 126 Å². The molecular weight excluding hydrogens is 266 g/mol. The molecule has 0 radical (unpaired) electrons. The maximum absolute atomic E-state index is 11.7. The van der Waals surface area contributed by atoms with E-state index in [1.165, 1.54) is 5.56 Å². The van der Waals surface area contributed by atoms with Gasteiger partial charge in [-0.1, -0.05) is 32.9 Å². The zero-order valence-corrected chi connectivity index (χ0v) is 13.1. The van der Waals surface area contributed by atoms with E-state index in [4.69, 9.17) is 9.47 Å². The molecule has 1 N–H and O–H groups in total. The lowest BCUT2D eigenvalue weighted by molar-refractivity contribution is -0.123. The van der Waals surface area contributed by atoms with Crippen LogP contribution in [-0.4, -0.2) is 31.8 Å². The van der Waals surface area contributed by atoms with Gasteiger partial charge in [0, 0.05) is 13.2 Å². The molecule has 4 nitrogen and oxygen atoms in total. The van der Waals surface area contributed by atoms with E-state index in [0.717, 1.165) is 25.2 Å². The summed E-state index contributed by atoms with van der Waals surface area (Å²) in [6.45, 7) is 7.92. The summed E-state index contributed by atoms with van der Waals surface area (Å²) in [4.78, 5) is 11.7. The van der Waals surface area contributed by atoms with Crippen LogP contribution in [0.25, 0.3) is 0 Å². The second-order valence-corrected chi connectivity index (χ2v) is 6.50. The second-order valence-electron chi connectivity index (χ2n) is 6.50. The van der Waals surface area contributed by atoms with Gasteiger partial charge in [-0.2, -0.15) is 0 Å². The third-order valence-corrected chi connectivity index (χ3v) is 3.64. The van der Waals surface area contributed by atoms with Crippen molar-refractivity contribution in [2.24, 2.45) is 0 Å². The quantitative estimate of drug-likeness (QED) is 0.907. The van der Waals surface area contributed by atoms with Crippen molar-refractivity contribution in [1.82, 2.24) is 5.32 Å². The highest BCUT2D eigenvalue weighted by atomic mass is 16.5. The van der Waals surface area contributed by atoms with Crippen molar-refractivity contribution in [1.29, 1.82) is 0 Å². The van der Waals surface area contributed by atoms with E-state index in [9.17, 15) is 4.79 Å². The molecular formula is C17H25NO3. The van der Waals surface area contributed by atoms with Crippen molar-refractivity contribution in [3.05, 3.63) is 29.8 Å². The Balaban J connectivity index is 1.73. The zero-order chi connectivity index (χ0) is 15.3. The highest BCUT2D eigenvalue weighted by Crippen LogP contribution is 2.24. The molecule has 4 heteroatoms. The monoisotopic (exact) mass is 291 g/mol. The van der Waals surface area contributed by atoms with Crippen molar-refractivity contribution in [3.63, 3.8) is 0 Å². The first kappa shape index (κ1) is 15.8. The summed E-state index contributed by atoms with van der Waals surface area (Å²) in [7, 11) is 0. The van der Waals surface area contributed by atoms with Crippen molar-refractivity contribution < 1.29 is 14.3 Å². The summed E-state index contributed by atoms with van der Waals surface area (Å²) < 4.78 is 11.0. The molecule has 1 aromatic rings. The molecule has 0 spiro atoms. The second kappa shape index (κ2) is 6.94. The van der Waals surface area contributed by atoms with E-state index in [-0.39, 0.29) is 24.0 Å². The lowest BCUT2D eigenvalue weighted by Crippen LogP contribution is -2.35. The summed E-state index contributed by atoms with van der Waals surface area (Å²) in [5, 5.41) is 2.84. The fraction of sp³-hybridized carbons (Fsp3) is 0.588. The Morgan fingerprint density at radius 1 is 1.33 bits per heavy atom. The fourth-order valence-corrected chi connectivity index (χ4v) is 2.28. The third kappa shape index (κ3) is 5.05. The maximum atomic E-state index is 11.7. The largest absolute Gasteiger partial charge is 0.484 e. The molecule has 0 aliphatic carbocycles. The molecule has 2 rings (SSSR count). The van der Waals surface area contributed by atoms with Crippen LogP contribution >= 0.6 is 0 Å². The number of carbonyl (C=O) groups is 1. The molecule has 1 aliphatic rings. The number of ether oxygens (including phenoxy) is 2. The van der Waals surface area contributed by atoms with E-state index in [2.05, 4.69) is 26.1 Å². The van der Waals surface area contributed by atoms with E-state index in [0.29, 0.717) is 6.54 Å². The molecule has 116 valence electrons. The normalized spacial score (nSPS) is 18.5. The number of amides is 1. The van der Waals surface area contributed by atoms with Crippen molar-refractivity contribution >= 4 is 5.91 Å². The summed E-state index contributed by atoms with van der Waals surface area (Å²) in [5.41, 5.74) is 1.37. The molecule has 0 saturated carbocycles. The summed E-state index contributed by atoms with van der Waals surface area (Å²) >= 11 is 0. The summed E-state index contributed by atoms with van der Waals surface area (Å²) in [6, 6.07) is 7.90. The van der Waals surface area contributed by atoms with E-state index in [1.54, 1.807) is 0 Å². The number of hydrogen-bond donors (Lipinski definition) is 1. The lowest BCUT2D eigenvalue weighted by Gasteiger charge is -2.19. The predicted octanol–water partition coefficient (Wildman–Crippen LogP) is 2.66. The first-order valence-corrected chi connectivity index (χ1v) is 7.57. The zero-order valence-electron chi connectivity index (χ0n) is 13.1. The van der Waals surface area contributed by atoms with Crippen LogP contribution in [-0.2, 0) is 14.9 Å². The molecule has 1 aliphatic heterocycles. The Morgan fingerprint density at radius 2 is 2.05 bits per heavy atom. The first-order valence-electron chi connectivity index (χ1n) is 7.57. The molecule has 1 saturated heterocycles. The van der Waals surface area contributed by atoms with Crippen molar-refractivity contribution in [2.75, 3.05) is 19.8 Å². The van der Waals surface area contributed by atoms with Gasteiger partial charge >= 0.3 is 0 Å². The molecule has 1 amide bonds. The van der Waals surface area contributed by atoms with Crippen LogP contribution in [0, 0.1) is 0 Å². The van der Waals surface area contributed by atoms with E-state index in [1.807, 2.05) is 24.3 Å². The number of carbonyl (C=O) groups excluding carboxylic acids is 1. The Morgan fingerprint density at radius 3 is 2.62 bits per heavy atom. The van der Waals surface area contributed by atoms with E-state index >= 15 is 0 Å². The summed E-state index contributed by atoms with van der Waals surface area (Å²) in [6.07, 6.45) is 2.27. The number of benzene rings is 1. The predicted molar refractivity (Wildman–Crippen MR) is 82.6 cm³/mol. The minimum absolute atomic E-state index is 0.0432. The number of nitrogens with one attached hydrogen (secondary N) is 1. The van der Waals surface area contributed by atoms with Crippen LogP contribution in [0.4, 0.5) is 0 Å². The maximum Gasteiger partial charge on any atom is 0.258 e. The van der Waals surface area contributed by atoms with Crippen LogP contribution in [0.15, 0.2) is 24.3 Å². The highest BCUT2D eigenvalue weighted by Gasteiger charge is 2.16. The Bertz CT molecular complexity index is 456. The van der Waals surface area contributed by atoms with Gasteiger partial charge in [-0.15, -0.1) is 0 Å². The van der Waals surface area contributed by atoms with Gasteiger partial charge < -0.3 is 14.8 Å². The van der Waals surface area contributed by atoms with Gasteiger partial charge in [-0.25, -0.2) is 0 Å². The van der Waals surface area contributed by atoms with Crippen molar-refractivity contribution in [2.45, 2.75) is 45.1 Å². The first-order chi connectivity index (χ1) is 9.95. The Hall–Kier alpha value is -1.55. The van der Waals surface area contributed by atoms with Crippen LogP contribution in [0.1, 0.15) is 39.2 Å². The third-order valence-electron chi connectivity index (χ3n) is 3.64. The van der Waals surface area contributed by atoms with Gasteiger partial charge in [-0.05, 0) is 36.0 Å². The van der Waals surface area contributed by atoms with Gasteiger partial charge in [0.2, 0.25) is 0 Å². The minimum Gasteiger partial charge on any atom is -0.484 e. The van der Waals surface area contributed by atoms with Crippen molar-refractivity contribution in [3.8, 4) is 5.75 Å². The molecule has 1 unspecified atom stereocenters. The molecule has 0 bridgehead atoms. The van der Waals surface area contributed by atoms with Crippen LogP contribution in [0.3, 0.4) is 0 Å². The molecule has 1 heterocycles. The Kier molecular flexibility index (Phi) is 5.23. The van der Waals surface area contributed by atoms with Gasteiger partial charge in [0.1, 0.15) is 5.75 Å². The fourth-order valence-electron chi connectivity index (χ4n) is 2.28. The minimum atomic E-state index is -0.106. The van der Waals surface area contributed by atoms with Gasteiger partial charge in [0.15, 0.2) is 6.61 Å². The SMILES string of the molecule is CC(C)(C)c1ccc(OCC(=O)NCC2CCCO2)cc1. The molecule has 1 atom stereocenters. The smallest absolute Gasteiger partial charge is 0.258 e. The topological polar surface area (TPSA) is 47.6 Å². The lowest BCUT2D eigenvalue weighted by atomic mass is 9.87. The van der Waals surface area contributed by atoms with Gasteiger partial charge in [0.05, 0.1) is 6.10 Å².